The summed E-state index contributed by atoms with van der Waals surface area (Å²) in [5.41, 5.74) is 0. The Bertz CT molecular complexity index is 1310. The average molecular weight is 1140 g/mol. The van der Waals surface area contributed by atoms with Crippen molar-refractivity contribution in [2.75, 3.05) is 13.2 Å². The van der Waals surface area contributed by atoms with Crippen molar-refractivity contribution < 1.29 is 24.5 Å². The Morgan fingerprint density at radius 1 is 0.346 bits per heavy atom. The van der Waals surface area contributed by atoms with Crippen LogP contribution in [0.1, 0.15) is 406 Å². The molecule has 2 unspecified atom stereocenters. The van der Waals surface area contributed by atoms with Crippen molar-refractivity contribution in [3.63, 3.8) is 0 Å². The number of rotatable bonds is 69. The van der Waals surface area contributed by atoms with E-state index in [1.807, 2.05) is 6.08 Å². The molecule has 0 spiro atoms. The number of esters is 1. The number of carbonyl (C=O) groups is 2. The van der Waals surface area contributed by atoms with Crippen LogP contribution < -0.4 is 5.32 Å². The average Bonchev–Trinajstić information content (AvgIpc) is 3.47. The lowest BCUT2D eigenvalue weighted by Gasteiger charge is -2.20. The summed E-state index contributed by atoms with van der Waals surface area (Å²) in [5, 5.41) is 23.2. The minimum absolute atomic E-state index is 0.0185. The van der Waals surface area contributed by atoms with E-state index >= 15 is 0 Å². The van der Waals surface area contributed by atoms with Crippen molar-refractivity contribution in [1.82, 2.24) is 5.32 Å². The third-order valence-electron chi connectivity index (χ3n) is 17.2. The van der Waals surface area contributed by atoms with Gasteiger partial charge in [-0.15, -0.1) is 0 Å². The first-order chi connectivity index (χ1) is 40.0. The van der Waals surface area contributed by atoms with Gasteiger partial charge < -0.3 is 20.3 Å². The van der Waals surface area contributed by atoms with Gasteiger partial charge in [0.05, 0.1) is 25.4 Å². The summed E-state index contributed by atoms with van der Waals surface area (Å²) < 4.78 is 5.49. The molecule has 0 bridgehead atoms. The topological polar surface area (TPSA) is 95.9 Å². The second-order valence-electron chi connectivity index (χ2n) is 25.3. The van der Waals surface area contributed by atoms with Gasteiger partial charge in [0.1, 0.15) is 0 Å². The van der Waals surface area contributed by atoms with E-state index < -0.39 is 12.1 Å². The van der Waals surface area contributed by atoms with Crippen LogP contribution in [0.2, 0.25) is 0 Å². The van der Waals surface area contributed by atoms with Crippen LogP contribution in [0.15, 0.2) is 36.5 Å². The Balaban J connectivity index is 3.38. The van der Waals surface area contributed by atoms with Crippen molar-refractivity contribution in [2.45, 2.75) is 418 Å². The van der Waals surface area contributed by atoms with Crippen LogP contribution in [0.4, 0.5) is 0 Å². The van der Waals surface area contributed by atoms with Gasteiger partial charge in [-0.1, -0.05) is 365 Å². The van der Waals surface area contributed by atoms with Crippen LogP contribution in [-0.2, 0) is 14.3 Å². The number of carbonyl (C=O) groups excluding carboxylic acids is 2. The van der Waals surface area contributed by atoms with Crippen LogP contribution in [0.25, 0.3) is 0 Å². The molecule has 0 radical (unpaired) electrons. The number of aliphatic hydroxyl groups excluding tert-OH is 2. The molecule has 3 N–H and O–H groups in total. The van der Waals surface area contributed by atoms with Crippen LogP contribution in [-0.4, -0.2) is 47.4 Å². The number of hydrogen-bond acceptors (Lipinski definition) is 5. The molecule has 2 atom stereocenters. The van der Waals surface area contributed by atoms with Crippen molar-refractivity contribution in [3.05, 3.63) is 36.5 Å². The van der Waals surface area contributed by atoms with E-state index in [0.717, 1.165) is 44.9 Å². The summed E-state index contributed by atoms with van der Waals surface area (Å²) in [4.78, 5) is 24.5. The smallest absolute Gasteiger partial charge is 0.305 e. The lowest BCUT2D eigenvalue weighted by Crippen LogP contribution is -2.45. The predicted molar refractivity (Wildman–Crippen MR) is 356 cm³/mol. The van der Waals surface area contributed by atoms with Crippen LogP contribution >= 0.6 is 0 Å². The van der Waals surface area contributed by atoms with Gasteiger partial charge in [0.25, 0.3) is 0 Å². The fraction of sp³-hybridized carbons (Fsp3) is 0.893. The fourth-order valence-electron chi connectivity index (χ4n) is 11.6. The minimum Gasteiger partial charge on any atom is -0.466 e. The number of allylic oxidation sites excluding steroid dienone is 5. The second kappa shape index (κ2) is 70.6. The lowest BCUT2D eigenvalue weighted by atomic mass is 10.0. The van der Waals surface area contributed by atoms with Crippen molar-refractivity contribution >= 4 is 11.9 Å². The largest absolute Gasteiger partial charge is 0.466 e. The molecular formula is C75H143NO5. The van der Waals surface area contributed by atoms with E-state index in [1.54, 1.807) is 6.08 Å². The maximum atomic E-state index is 12.5. The quantitative estimate of drug-likeness (QED) is 0.0320. The summed E-state index contributed by atoms with van der Waals surface area (Å²) >= 11 is 0. The fourth-order valence-corrected chi connectivity index (χ4v) is 11.6. The molecular weight excluding hydrogens is 995 g/mol. The van der Waals surface area contributed by atoms with Gasteiger partial charge in [-0.25, -0.2) is 0 Å². The molecule has 81 heavy (non-hydrogen) atoms. The Kier molecular flexibility index (Phi) is 68.9. The number of aliphatic hydroxyl groups is 2. The molecule has 0 rings (SSSR count). The zero-order valence-corrected chi connectivity index (χ0v) is 54.8. The molecule has 1 amide bonds. The van der Waals surface area contributed by atoms with E-state index in [0.29, 0.717) is 19.4 Å². The van der Waals surface area contributed by atoms with Crippen LogP contribution in [0.5, 0.6) is 0 Å². The Hall–Kier alpha value is -1.92. The monoisotopic (exact) mass is 1140 g/mol. The maximum Gasteiger partial charge on any atom is 0.305 e. The molecule has 0 aromatic carbocycles. The highest BCUT2D eigenvalue weighted by Crippen LogP contribution is 2.19. The van der Waals surface area contributed by atoms with Crippen LogP contribution in [0, 0.1) is 0 Å². The molecule has 6 heteroatoms. The van der Waals surface area contributed by atoms with Gasteiger partial charge in [0.15, 0.2) is 0 Å². The third kappa shape index (κ3) is 67.1. The van der Waals surface area contributed by atoms with Gasteiger partial charge in [0, 0.05) is 12.8 Å². The van der Waals surface area contributed by atoms with Gasteiger partial charge >= 0.3 is 5.97 Å². The normalized spacial score (nSPS) is 12.7. The first-order valence-electron chi connectivity index (χ1n) is 36.8. The first-order valence-corrected chi connectivity index (χ1v) is 36.8. The zero-order chi connectivity index (χ0) is 58.5. The van der Waals surface area contributed by atoms with E-state index in [4.69, 9.17) is 4.74 Å². The lowest BCUT2D eigenvalue weighted by molar-refractivity contribution is -0.143. The summed E-state index contributed by atoms with van der Waals surface area (Å²) in [6, 6.07) is -0.626. The van der Waals surface area contributed by atoms with Gasteiger partial charge in [-0.2, -0.15) is 0 Å². The summed E-state index contributed by atoms with van der Waals surface area (Å²) in [7, 11) is 0. The third-order valence-corrected chi connectivity index (χ3v) is 17.2. The summed E-state index contributed by atoms with van der Waals surface area (Å²) in [6.45, 7) is 4.94. The molecule has 478 valence electrons. The molecule has 0 aliphatic heterocycles. The number of nitrogens with one attached hydrogen (secondary N) is 1. The van der Waals surface area contributed by atoms with Crippen molar-refractivity contribution in [2.24, 2.45) is 0 Å². The molecule has 0 saturated carbocycles. The molecule has 0 aliphatic carbocycles. The Morgan fingerprint density at radius 3 is 0.938 bits per heavy atom. The minimum atomic E-state index is -0.843. The Morgan fingerprint density at radius 2 is 0.617 bits per heavy atom. The summed E-state index contributed by atoms with van der Waals surface area (Å²) in [6.07, 6.45) is 91.0. The SMILES string of the molecule is CCCCCCCCCCCCCCCC/C=C/C(O)C(CO)NC(=O)CCCCCCCCCCCCCCCCCCC/C=C\C/C=C\CCCCCCCCCCCCCOC(=O)CCCCCCCCCCCCCCC. The second-order valence-corrected chi connectivity index (χ2v) is 25.3. The summed E-state index contributed by atoms with van der Waals surface area (Å²) in [5.74, 6) is -0.0444. The van der Waals surface area contributed by atoms with Crippen molar-refractivity contribution in [1.29, 1.82) is 0 Å². The number of amides is 1. The number of hydrogen-bond donors (Lipinski definition) is 3. The number of unbranched alkanes of at least 4 members (excludes halogenated alkanes) is 54. The zero-order valence-electron chi connectivity index (χ0n) is 54.8. The molecule has 6 nitrogen and oxygen atoms in total. The standard InChI is InChI=1S/C75H143NO5/c1-3-5-7-9-11-13-15-17-18-40-44-47-51-55-59-63-67-73(78)72(71-77)76-74(79)68-64-60-56-52-48-45-41-38-36-34-32-30-28-26-24-22-20-19-21-23-25-27-29-31-33-35-37-39-42-46-50-54-58-62-66-70-81-75(80)69-65-61-57-53-49-43-16-14-12-10-8-6-4-2/h21,23,27,29,63,67,72-73,77-78H,3-20,22,24-26,28,30-62,64-66,68-71H2,1-2H3,(H,76,79)/b23-21-,29-27-,67-63+. The van der Waals surface area contributed by atoms with Gasteiger partial charge in [0.2, 0.25) is 5.91 Å². The van der Waals surface area contributed by atoms with E-state index in [9.17, 15) is 19.8 Å². The van der Waals surface area contributed by atoms with Crippen LogP contribution in [0.3, 0.4) is 0 Å². The molecule has 0 aromatic rings. The molecule has 0 aromatic heterocycles. The first kappa shape index (κ1) is 79.1. The predicted octanol–water partition coefficient (Wildman–Crippen LogP) is 23.9. The molecule has 0 fully saturated rings. The number of ether oxygens (including phenoxy) is 1. The highest BCUT2D eigenvalue weighted by molar-refractivity contribution is 5.76. The van der Waals surface area contributed by atoms with E-state index in [-0.39, 0.29) is 18.5 Å². The van der Waals surface area contributed by atoms with Gasteiger partial charge in [-0.3, -0.25) is 9.59 Å². The van der Waals surface area contributed by atoms with E-state index in [2.05, 4.69) is 43.5 Å². The van der Waals surface area contributed by atoms with Crippen molar-refractivity contribution in [3.8, 4) is 0 Å². The maximum absolute atomic E-state index is 12.5. The molecule has 0 saturated heterocycles. The molecule has 0 aliphatic rings. The van der Waals surface area contributed by atoms with E-state index in [1.165, 1.54) is 334 Å². The van der Waals surface area contributed by atoms with Gasteiger partial charge in [-0.05, 0) is 64.2 Å². The highest BCUT2D eigenvalue weighted by Gasteiger charge is 2.18. The highest BCUT2D eigenvalue weighted by atomic mass is 16.5. The molecule has 0 heterocycles. The Labute approximate surface area is 506 Å².